The van der Waals surface area contributed by atoms with Crippen LogP contribution in [0.4, 0.5) is 10.1 Å². The van der Waals surface area contributed by atoms with E-state index in [1.165, 1.54) is 18.6 Å². The molecule has 1 saturated heterocycles. The van der Waals surface area contributed by atoms with Crippen molar-refractivity contribution < 1.29 is 9.13 Å². The Balaban J connectivity index is 1.80. The highest BCUT2D eigenvalue weighted by Gasteiger charge is 2.20. The van der Waals surface area contributed by atoms with E-state index in [-0.39, 0.29) is 11.2 Å². The molecule has 34 heavy (non-hydrogen) atoms. The predicted molar refractivity (Wildman–Crippen MR) is 132 cm³/mol. The predicted octanol–water partition coefficient (Wildman–Crippen LogP) is 5.14. The lowest BCUT2D eigenvalue weighted by atomic mass is 9.94. The van der Waals surface area contributed by atoms with Crippen LogP contribution in [-0.2, 0) is 13.5 Å². The van der Waals surface area contributed by atoms with Crippen LogP contribution in [0.5, 0.6) is 5.75 Å². The van der Waals surface area contributed by atoms with Crippen LogP contribution in [0.3, 0.4) is 0 Å². The molecule has 0 aliphatic carbocycles. The second kappa shape index (κ2) is 10.6. The number of methoxy groups -OCH3 is 1. The Bertz CT molecular complexity index is 1250. The van der Waals surface area contributed by atoms with Crippen molar-refractivity contribution in [2.45, 2.75) is 32.1 Å². The molecule has 3 aromatic rings. The maximum Gasteiger partial charge on any atom is 0.261 e. The number of aryl methyl sites for hydroxylation is 1. The number of ether oxygens (including phenoxy) is 1. The lowest BCUT2D eigenvalue weighted by molar-refractivity contribution is 0.415. The fourth-order valence-electron chi connectivity index (χ4n) is 4.55. The SMILES string of the molecule is [C-]#[N+]c1ccc(-c2nc(CCC3CCCNCC3)n(C)c(=O)c2-c2ccc(OC)cc2)cc1F. The van der Waals surface area contributed by atoms with Crippen LogP contribution >= 0.6 is 0 Å². The Kier molecular flexibility index (Phi) is 7.39. The highest BCUT2D eigenvalue weighted by Crippen LogP contribution is 2.32. The van der Waals surface area contributed by atoms with Gasteiger partial charge in [-0.05, 0) is 68.5 Å². The number of nitrogens with one attached hydrogen (secondary N) is 1. The van der Waals surface area contributed by atoms with Crippen LogP contribution in [0.1, 0.15) is 31.5 Å². The first-order valence-corrected chi connectivity index (χ1v) is 11.6. The molecule has 1 unspecified atom stereocenters. The summed E-state index contributed by atoms with van der Waals surface area (Å²) in [6, 6.07) is 11.6. The summed E-state index contributed by atoms with van der Waals surface area (Å²) in [5.74, 6) is 1.33. The normalized spacial score (nSPS) is 16.0. The van der Waals surface area contributed by atoms with Gasteiger partial charge in [0.25, 0.3) is 5.56 Å². The summed E-state index contributed by atoms with van der Waals surface area (Å²) in [6.45, 7) is 9.21. The zero-order valence-electron chi connectivity index (χ0n) is 19.6. The van der Waals surface area contributed by atoms with Crippen LogP contribution in [0, 0.1) is 18.3 Å². The second-order valence-corrected chi connectivity index (χ2v) is 8.71. The number of nitrogens with zero attached hydrogens (tertiary/aromatic N) is 3. The number of aromatic nitrogens is 2. The minimum Gasteiger partial charge on any atom is -0.497 e. The molecule has 7 heteroatoms. The summed E-state index contributed by atoms with van der Waals surface area (Å²) >= 11 is 0. The molecular formula is C27H29FN4O2. The van der Waals surface area contributed by atoms with E-state index >= 15 is 0 Å². The zero-order chi connectivity index (χ0) is 24.1. The maximum absolute atomic E-state index is 14.5. The monoisotopic (exact) mass is 460 g/mol. The molecule has 0 saturated carbocycles. The molecule has 0 spiro atoms. The molecule has 1 aliphatic heterocycles. The molecule has 176 valence electrons. The van der Waals surface area contributed by atoms with E-state index < -0.39 is 5.82 Å². The molecule has 4 rings (SSSR count). The Morgan fingerprint density at radius 1 is 1.18 bits per heavy atom. The molecule has 1 aliphatic rings. The van der Waals surface area contributed by atoms with Crippen molar-refractivity contribution in [3.05, 3.63) is 75.9 Å². The van der Waals surface area contributed by atoms with Gasteiger partial charge in [-0.3, -0.25) is 9.36 Å². The summed E-state index contributed by atoms with van der Waals surface area (Å²) in [6.07, 6.45) is 5.07. The Morgan fingerprint density at radius 3 is 2.65 bits per heavy atom. The third-order valence-electron chi connectivity index (χ3n) is 6.58. The van der Waals surface area contributed by atoms with Crippen molar-refractivity contribution in [1.82, 2.24) is 14.9 Å². The van der Waals surface area contributed by atoms with Gasteiger partial charge in [0.2, 0.25) is 5.69 Å². The first-order valence-electron chi connectivity index (χ1n) is 11.6. The number of halogens is 1. The summed E-state index contributed by atoms with van der Waals surface area (Å²) in [5.41, 5.74) is 1.76. The van der Waals surface area contributed by atoms with Crippen LogP contribution in [0.2, 0.25) is 0 Å². The van der Waals surface area contributed by atoms with E-state index in [1.807, 2.05) is 12.1 Å². The number of hydrogen-bond donors (Lipinski definition) is 1. The highest BCUT2D eigenvalue weighted by molar-refractivity contribution is 5.81. The third kappa shape index (κ3) is 5.02. The summed E-state index contributed by atoms with van der Waals surface area (Å²) < 4.78 is 21.4. The minimum absolute atomic E-state index is 0.0548. The fourth-order valence-corrected chi connectivity index (χ4v) is 4.55. The number of benzene rings is 2. The molecule has 1 N–H and O–H groups in total. The minimum atomic E-state index is -0.622. The molecule has 1 atom stereocenters. The van der Waals surface area contributed by atoms with Gasteiger partial charge in [-0.2, -0.15) is 0 Å². The lowest BCUT2D eigenvalue weighted by Crippen LogP contribution is -2.25. The van der Waals surface area contributed by atoms with Crippen molar-refractivity contribution in [2.24, 2.45) is 13.0 Å². The average Bonchev–Trinajstić information content (AvgIpc) is 3.14. The van der Waals surface area contributed by atoms with E-state index in [0.717, 1.165) is 32.4 Å². The van der Waals surface area contributed by atoms with E-state index in [1.54, 1.807) is 36.9 Å². The maximum atomic E-state index is 14.5. The molecule has 2 aromatic carbocycles. The van der Waals surface area contributed by atoms with Gasteiger partial charge in [0, 0.05) is 19.0 Å². The molecular weight excluding hydrogens is 431 g/mol. The Labute approximate surface area is 199 Å². The highest BCUT2D eigenvalue weighted by atomic mass is 19.1. The Hall–Kier alpha value is -3.50. The first-order chi connectivity index (χ1) is 16.5. The smallest absolute Gasteiger partial charge is 0.261 e. The zero-order valence-corrected chi connectivity index (χ0v) is 19.6. The van der Waals surface area contributed by atoms with Crippen molar-refractivity contribution in [3.8, 4) is 28.1 Å². The molecule has 1 fully saturated rings. The van der Waals surface area contributed by atoms with Gasteiger partial charge < -0.3 is 10.1 Å². The van der Waals surface area contributed by atoms with Gasteiger partial charge in [0.05, 0.1) is 24.9 Å². The molecule has 0 radical (unpaired) electrons. The number of rotatable bonds is 6. The second-order valence-electron chi connectivity index (χ2n) is 8.71. The lowest BCUT2D eigenvalue weighted by Gasteiger charge is -2.18. The largest absolute Gasteiger partial charge is 0.497 e. The Morgan fingerprint density at radius 2 is 1.94 bits per heavy atom. The topological polar surface area (TPSA) is 60.5 Å². The van der Waals surface area contributed by atoms with Crippen molar-refractivity contribution in [3.63, 3.8) is 0 Å². The summed E-state index contributed by atoms with van der Waals surface area (Å²) in [7, 11) is 3.33. The molecule has 0 bridgehead atoms. The van der Waals surface area contributed by atoms with Gasteiger partial charge >= 0.3 is 0 Å². The van der Waals surface area contributed by atoms with Crippen LogP contribution in [0.15, 0.2) is 47.3 Å². The average molecular weight is 461 g/mol. The summed E-state index contributed by atoms with van der Waals surface area (Å²) in [4.78, 5) is 21.7. The molecule has 0 amide bonds. The van der Waals surface area contributed by atoms with E-state index in [9.17, 15) is 9.18 Å². The van der Waals surface area contributed by atoms with Gasteiger partial charge in [0.1, 0.15) is 17.4 Å². The third-order valence-corrected chi connectivity index (χ3v) is 6.58. The molecule has 1 aromatic heterocycles. The van der Waals surface area contributed by atoms with Gasteiger partial charge in [0.15, 0.2) is 0 Å². The van der Waals surface area contributed by atoms with Gasteiger partial charge in [-0.1, -0.05) is 24.3 Å². The molecule has 6 nitrogen and oxygen atoms in total. The number of hydrogen-bond acceptors (Lipinski definition) is 4. The van der Waals surface area contributed by atoms with Crippen LogP contribution in [0.25, 0.3) is 27.2 Å². The molecule has 2 heterocycles. The van der Waals surface area contributed by atoms with Gasteiger partial charge in [-0.15, -0.1) is 0 Å². The summed E-state index contributed by atoms with van der Waals surface area (Å²) in [5, 5.41) is 3.44. The van der Waals surface area contributed by atoms with Crippen molar-refractivity contribution in [2.75, 3.05) is 20.2 Å². The van der Waals surface area contributed by atoms with Gasteiger partial charge in [-0.25, -0.2) is 14.2 Å². The van der Waals surface area contributed by atoms with Crippen molar-refractivity contribution >= 4 is 5.69 Å². The van der Waals surface area contributed by atoms with Crippen LogP contribution in [-0.4, -0.2) is 29.8 Å². The fraction of sp³-hybridized carbons (Fsp3) is 0.370. The van der Waals surface area contributed by atoms with E-state index in [4.69, 9.17) is 16.3 Å². The van der Waals surface area contributed by atoms with Crippen molar-refractivity contribution in [1.29, 1.82) is 0 Å². The van der Waals surface area contributed by atoms with Crippen LogP contribution < -0.4 is 15.6 Å². The first kappa shape index (κ1) is 23.7. The van der Waals surface area contributed by atoms with E-state index in [0.29, 0.717) is 46.3 Å². The standard InChI is InChI=1S/C27H29FN4O2/c1-29-23-12-9-20(17-22(23)28)26-25(19-7-10-21(34-3)11-8-19)27(33)32(2)24(31-26)13-6-18-5-4-15-30-16-14-18/h7-12,17-18,30H,4-6,13-16H2,2-3H3. The quantitative estimate of drug-likeness (QED) is 0.518. The van der Waals surface area contributed by atoms with E-state index in [2.05, 4.69) is 10.2 Å².